The lowest BCUT2D eigenvalue weighted by molar-refractivity contribution is -0.114. The van der Waals surface area contributed by atoms with Gasteiger partial charge in [-0.2, -0.15) is 0 Å². The number of ketones is 1. The van der Waals surface area contributed by atoms with Gasteiger partial charge in [0.15, 0.2) is 0 Å². The van der Waals surface area contributed by atoms with Gasteiger partial charge < -0.3 is 10.1 Å². The summed E-state index contributed by atoms with van der Waals surface area (Å²) in [4.78, 5) is 9.44. The highest BCUT2D eigenvalue weighted by Gasteiger charge is 1.93. The molecular weight excluding hydrogens is 138 g/mol. The van der Waals surface area contributed by atoms with Crippen LogP contribution in [0.5, 0.6) is 0 Å². The Bertz CT molecular complexity index is 66.0. The number of carbonyl (C=O) groups is 1. The van der Waals surface area contributed by atoms with Gasteiger partial charge in [0.1, 0.15) is 5.78 Å². The van der Waals surface area contributed by atoms with Gasteiger partial charge in [-0.05, 0) is 39.8 Å². The lowest BCUT2D eigenvalue weighted by atomic mass is 10.4. The predicted octanol–water partition coefficient (Wildman–Crippen LogP) is 1.99. The lowest BCUT2D eigenvalue weighted by Gasteiger charge is -1.76. The number of hydrogen-bond donors (Lipinski definition) is 1. The summed E-state index contributed by atoms with van der Waals surface area (Å²) in [5.41, 5.74) is 0. The molecule has 0 bridgehead atoms. The Morgan fingerprint density at radius 3 is 1.45 bits per heavy atom. The molecule has 0 unspecified atom stereocenters. The van der Waals surface area contributed by atoms with Gasteiger partial charge in [-0.15, -0.1) is 0 Å². The zero-order valence-electron chi connectivity index (χ0n) is 8.24. The SMILES string of the molecule is C1CCNC1.CC.CC(C)=O. The van der Waals surface area contributed by atoms with Gasteiger partial charge in [0, 0.05) is 0 Å². The van der Waals surface area contributed by atoms with Gasteiger partial charge in [-0.3, -0.25) is 0 Å². The van der Waals surface area contributed by atoms with Crippen molar-refractivity contribution in [2.24, 2.45) is 0 Å². The highest BCUT2D eigenvalue weighted by molar-refractivity contribution is 5.72. The molecule has 0 amide bonds. The normalized spacial score (nSPS) is 13.8. The third kappa shape index (κ3) is 26.2. The standard InChI is InChI=1S/C4H9N.C3H6O.C2H6/c1-2-4-5-3-1;1-3(2)4;1-2/h5H,1-4H2;1-2H3;1-2H3. The van der Waals surface area contributed by atoms with E-state index in [1.807, 2.05) is 13.8 Å². The summed E-state index contributed by atoms with van der Waals surface area (Å²) in [6.45, 7) is 9.56. The second-order valence-electron chi connectivity index (χ2n) is 2.37. The van der Waals surface area contributed by atoms with Gasteiger partial charge in [0.25, 0.3) is 0 Å². The van der Waals surface area contributed by atoms with Crippen LogP contribution in [0.1, 0.15) is 40.5 Å². The first kappa shape index (κ1) is 13.2. The van der Waals surface area contributed by atoms with Crippen LogP contribution in [0.3, 0.4) is 0 Å². The summed E-state index contributed by atoms with van der Waals surface area (Å²) < 4.78 is 0. The number of Topliss-reactive ketones (excluding diaryl/α,β-unsaturated/α-hetero) is 1. The molecule has 1 saturated heterocycles. The molecule has 0 aromatic heterocycles. The fourth-order valence-corrected chi connectivity index (χ4v) is 0.625. The molecule has 2 heteroatoms. The van der Waals surface area contributed by atoms with E-state index in [9.17, 15) is 4.79 Å². The monoisotopic (exact) mass is 159 g/mol. The number of carbonyl (C=O) groups excluding carboxylic acids is 1. The smallest absolute Gasteiger partial charge is 0.126 e. The highest BCUT2D eigenvalue weighted by Crippen LogP contribution is 1.90. The van der Waals surface area contributed by atoms with E-state index in [1.54, 1.807) is 0 Å². The van der Waals surface area contributed by atoms with Crippen LogP contribution in [0.4, 0.5) is 0 Å². The molecule has 0 atom stereocenters. The van der Waals surface area contributed by atoms with Gasteiger partial charge >= 0.3 is 0 Å². The molecular formula is C9H21NO. The van der Waals surface area contributed by atoms with E-state index in [1.165, 1.54) is 39.8 Å². The van der Waals surface area contributed by atoms with Crippen molar-refractivity contribution in [1.29, 1.82) is 0 Å². The molecule has 1 heterocycles. The Morgan fingerprint density at radius 1 is 1.09 bits per heavy atom. The van der Waals surface area contributed by atoms with Crippen molar-refractivity contribution in [3.8, 4) is 0 Å². The van der Waals surface area contributed by atoms with E-state index in [0.717, 1.165) is 0 Å². The summed E-state index contributed by atoms with van der Waals surface area (Å²) >= 11 is 0. The maximum absolute atomic E-state index is 9.44. The average molecular weight is 159 g/mol. The third-order valence-corrected chi connectivity index (χ3v) is 0.957. The van der Waals surface area contributed by atoms with Crippen LogP contribution in [-0.2, 0) is 4.79 Å². The summed E-state index contributed by atoms with van der Waals surface area (Å²) in [7, 11) is 0. The first-order valence-corrected chi connectivity index (χ1v) is 4.41. The molecule has 11 heavy (non-hydrogen) atoms. The minimum atomic E-state index is 0.167. The minimum absolute atomic E-state index is 0.167. The summed E-state index contributed by atoms with van der Waals surface area (Å²) in [6, 6.07) is 0. The van der Waals surface area contributed by atoms with E-state index in [4.69, 9.17) is 0 Å². The van der Waals surface area contributed by atoms with E-state index < -0.39 is 0 Å². The second kappa shape index (κ2) is 12.3. The Hall–Kier alpha value is -0.370. The molecule has 0 aromatic carbocycles. The molecule has 0 radical (unpaired) electrons. The van der Waals surface area contributed by atoms with Crippen LogP contribution in [0, 0.1) is 0 Å². The van der Waals surface area contributed by atoms with E-state index in [2.05, 4.69) is 5.32 Å². The molecule has 0 saturated carbocycles. The first-order chi connectivity index (χ1) is 5.23. The second-order valence-corrected chi connectivity index (χ2v) is 2.37. The summed E-state index contributed by atoms with van der Waals surface area (Å²) in [5, 5.41) is 3.22. The predicted molar refractivity (Wildman–Crippen MR) is 49.8 cm³/mol. The Morgan fingerprint density at radius 2 is 1.36 bits per heavy atom. The summed E-state index contributed by atoms with van der Waals surface area (Å²) in [5.74, 6) is 0.167. The minimum Gasteiger partial charge on any atom is -0.317 e. The van der Waals surface area contributed by atoms with Crippen LogP contribution in [0.2, 0.25) is 0 Å². The van der Waals surface area contributed by atoms with E-state index >= 15 is 0 Å². The van der Waals surface area contributed by atoms with Crippen molar-refractivity contribution in [3.05, 3.63) is 0 Å². The quantitative estimate of drug-likeness (QED) is 0.585. The van der Waals surface area contributed by atoms with Crippen LogP contribution >= 0.6 is 0 Å². The van der Waals surface area contributed by atoms with Gasteiger partial charge in [-0.1, -0.05) is 13.8 Å². The van der Waals surface area contributed by atoms with E-state index in [0.29, 0.717) is 0 Å². The van der Waals surface area contributed by atoms with Crippen molar-refractivity contribution in [2.45, 2.75) is 40.5 Å². The largest absolute Gasteiger partial charge is 0.317 e. The molecule has 1 aliphatic rings. The fraction of sp³-hybridized carbons (Fsp3) is 0.889. The number of rotatable bonds is 0. The van der Waals surface area contributed by atoms with Crippen LogP contribution in [0.15, 0.2) is 0 Å². The van der Waals surface area contributed by atoms with Crippen molar-refractivity contribution < 1.29 is 4.79 Å². The van der Waals surface area contributed by atoms with Crippen LogP contribution in [-0.4, -0.2) is 18.9 Å². The van der Waals surface area contributed by atoms with Gasteiger partial charge in [-0.25, -0.2) is 0 Å². The van der Waals surface area contributed by atoms with Crippen LogP contribution < -0.4 is 5.32 Å². The van der Waals surface area contributed by atoms with Crippen molar-refractivity contribution >= 4 is 5.78 Å². The Kier molecular flexibility index (Phi) is 14.8. The zero-order valence-corrected chi connectivity index (χ0v) is 8.24. The first-order valence-electron chi connectivity index (χ1n) is 4.41. The van der Waals surface area contributed by atoms with Crippen LogP contribution in [0.25, 0.3) is 0 Å². The fourth-order valence-electron chi connectivity index (χ4n) is 0.625. The zero-order chi connectivity index (χ0) is 9.11. The Labute approximate surface area is 70.4 Å². The number of nitrogens with one attached hydrogen (secondary N) is 1. The molecule has 1 fully saturated rings. The molecule has 0 aromatic rings. The molecule has 0 aliphatic carbocycles. The highest BCUT2D eigenvalue weighted by atomic mass is 16.1. The number of hydrogen-bond acceptors (Lipinski definition) is 2. The Balaban J connectivity index is 0. The molecule has 1 rings (SSSR count). The topological polar surface area (TPSA) is 29.1 Å². The molecule has 1 N–H and O–H groups in total. The molecule has 68 valence electrons. The van der Waals surface area contributed by atoms with Gasteiger partial charge in [0.2, 0.25) is 0 Å². The van der Waals surface area contributed by atoms with Crippen molar-refractivity contribution in [1.82, 2.24) is 5.32 Å². The summed E-state index contributed by atoms with van der Waals surface area (Å²) in [6.07, 6.45) is 2.78. The van der Waals surface area contributed by atoms with E-state index in [-0.39, 0.29) is 5.78 Å². The lowest BCUT2D eigenvalue weighted by Crippen LogP contribution is -2.03. The van der Waals surface area contributed by atoms with Crippen molar-refractivity contribution in [3.63, 3.8) is 0 Å². The molecule has 1 aliphatic heterocycles. The maximum atomic E-state index is 9.44. The van der Waals surface area contributed by atoms with Crippen molar-refractivity contribution in [2.75, 3.05) is 13.1 Å². The molecule has 0 spiro atoms. The third-order valence-electron chi connectivity index (χ3n) is 0.957. The van der Waals surface area contributed by atoms with Gasteiger partial charge in [0.05, 0.1) is 0 Å². The maximum Gasteiger partial charge on any atom is 0.126 e. The molecule has 2 nitrogen and oxygen atoms in total. The average Bonchev–Trinajstić information content (AvgIpc) is 2.44.